The number of carbonyl (C=O) groups is 2. The summed E-state index contributed by atoms with van der Waals surface area (Å²) in [5.41, 5.74) is 2.47. The second-order valence-corrected chi connectivity index (χ2v) is 8.75. The maximum atomic E-state index is 12.4. The van der Waals surface area contributed by atoms with Crippen LogP contribution in [0.15, 0.2) is 54.6 Å². The van der Waals surface area contributed by atoms with Gasteiger partial charge in [-0.05, 0) is 54.5 Å². The number of anilines is 2. The van der Waals surface area contributed by atoms with Crippen LogP contribution in [-0.2, 0) is 9.59 Å². The predicted molar refractivity (Wildman–Crippen MR) is 139 cm³/mol. The van der Waals surface area contributed by atoms with Gasteiger partial charge in [0.1, 0.15) is 0 Å². The molecule has 0 atom stereocenters. The van der Waals surface area contributed by atoms with Gasteiger partial charge in [0.15, 0.2) is 0 Å². The average molecular weight is 479 g/mol. The highest BCUT2D eigenvalue weighted by Crippen LogP contribution is 2.20. The highest BCUT2D eigenvalue weighted by atomic mass is 16.6. The van der Waals surface area contributed by atoms with Gasteiger partial charge in [-0.2, -0.15) is 0 Å². The number of hydrogen-bond donors (Lipinski definition) is 1. The Labute approximate surface area is 206 Å². The van der Waals surface area contributed by atoms with Crippen LogP contribution in [0.2, 0.25) is 0 Å². The molecule has 1 aliphatic rings. The normalized spacial score (nSPS) is 13.7. The Morgan fingerprint density at radius 2 is 1.60 bits per heavy atom. The molecule has 186 valence electrons. The van der Waals surface area contributed by atoms with Crippen LogP contribution in [0, 0.1) is 10.1 Å². The molecule has 0 radical (unpaired) electrons. The first-order valence-corrected chi connectivity index (χ1v) is 12.3. The van der Waals surface area contributed by atoms with Crippen molar-refractivity contribution in [3.63, 3.8) is 0 Å². The van der Waals surface area contributed by atoms with Crippen molar-refractivity contribution in [1.29, 1.82) is 0 Å². The number of amides is 2. The lowest BCUT2D eigenvalue weighted by molar-refractivity contribution is -0.384. The average Bonchev–Trinajstić information content (AvgIpc) is 2.88. The fraction of sp³-hybridized carbons (Fsp3) is 0.407. The van der Waals surface area contributed by atoms with Gasteiger partial charge < -0.3 is 15.1 Å². The number of nitrogens with zero attached hydrogens (tertiary/aromatic N) is 3. The van der Waals surface area contributed by atoms with Gasteiger partial charge in [-0.25, -0.2) is 0 Å². The molecule has 0 aliphatic carbocycles. The lowest BCUT2D eigenvalue weighted by Gasteiger charge is -2.36. The first kappa shape index (κ1) is 25.9. The van der Waals surface area contributed by atoms with E-state index in [1.54, 1.807) is 18.2 Å². The zero-order valence-corrected chi connectivity index (χ0v) is 20.3. The predicted octanol–water partition coefficient (Wildman–Crippen LogP) is 5.26. The number of rotatable bonds is 11. The largest absolute Gasteiger partial charge is 0.368 e. The molecule has 8 nitrogen and oxygen atoms in total. The van der Waals surface area contributed by atoms with Crippen molar-refractivity contribution >= 4 is 35.0 Å². The van der Waals surface area contributed by atoms with E-state index in [0.717, 1.165) is 44.7 Å². The molecular weight excluding hydrogens is 444 g/mol. The number of benzene rings is 2. The van der Waals surface area contributed by atoms with E-state index in [4.69, 9.17) is 0 Å². The minimum absolute atomic E-state index is 0.0116. The molecule has 1 N–H and O–H groups in total. The molecule has 0 spiro atoms. The molecule has 0 saturated carbocycles. The molecule has 1 saturated heterocycles. The number of hydrogen-bond acceptors (Lipinski definition) is 5. The molecule has 0 bridgehead atoms. The summed E-state index contributed by atoms with van der Waals surface area (Å²) in [7, 11) is 0. The second-order valence-electron chi connectivity index (χ2n) is 8.75. The summed E-state index contributed by atoms with van der Waals surface area (Å²) in [6, 6.07) is 13.7. The maximum absolute atomic E-state index is 12.4. The number of nitro groups is 1. The van der Waals surface area contributed by atoms with Crippen molar-refractivity contribution in [3.05, 3.63) is 70.3 Å². The summed E-state index contributed by atoms with van der Waals surface area (Å²) in [6.45, 7) is 5.26. The minimum atomic E-state index is -0.459. The van der Waals surface area contributed by atoms with E-state index in [1.807, 2.05) is 29.2 Å². The number of piperazine rings is 1. The van der Waals surface area contributed by atoms with E-state index in [2.05, 4.69) is 17.1 Å². The summed E-state index contributed by atoms with van der Waals surface area (Å²) in [5.74, 6) is -0.0149. The zero-order chi connectivity index (χ0) is 25.0. The Balaban J connectivity index is 1.42. The van der Waals surface area contributed by atoms with E-state index in [-0.39, 0.29) is 17.5 Å². The minimum Gasteiger partial charge on any atom is -0.368 e. The third-order valence-corrected chi connectivity index (χ3v) is 6.16. The highest BCUT2D eigenvalue weighted by molar-refractivity contribution is 6.02. The smallest absolute Gasteiger partial charge is 0.269 e. The number of carbonyl (C=O) groups excluding carboxylic acids is 2. The van der Waals surface area contributed by atoms with Gasteiger partial charge in [-0.15, -0.1) is 0 Å². The van der Waals surface area contributed by atoms with E-state index in [0.29, 0.717) is 17.7 Å². The molecule has 1 heterocycles. The van der Waals surface area contributed by atoms with Gasteiger partial charge in [0.05, 0.1) is 4.92 Å². The summed E-state index contributed by atoms with van der Waals surface area (Å²) in [4.78, 5) is 39.1. The topological polar surface area (TPSA) is 95.8 Å². The van der Waals surface area contributed by atoms with Crippen LogP contribution in [0.5, 0.6) is 0 Å². The van der Waals surface area contributed by atoms with Gasteiger partial charge in [0.25, 0.3) is 5.69 Å². The SMILES string of the molecule is CCCCCCCC(=O)N1CCN(c2ccc(NC(=O)C=Cc3ccc([N+](=O)[O-])cc3)cc2)CC1. The van der Waals surface area contributed by atoms with E-state index >= 15 is 0 Å². The first-order valence-electron chi connectivity index (χ1n) is 12.3. The Morgan fingerprint density at radius 3 is 2.23 bits per heavy atom. The number of unbranched alkanes of at least 4 members (excludes halogenated alkanes) is 4. The molecule has 1 aliphatic heterocycles. The molecule has 1 fully saturated rings. The van der Waals surface area contributed by atoms with Crippen molar-refractivity contribution in [3.8, 4) is 0 Å². The Morgan fingerprint density at radius 1 is 0.943 bits per heavy atom. The molecule has 3 rings (SSSR count). The second kappa shape index (κ2) is 13.3. The van der Waals surface area contributed by atoms with Gasteiger partial charge in [0, 0.05) is 62.2 Å². The molecular formula is C27H34N4O4. The quantitative estimate of drug-likeness (QED) is 0.206. The molecule has 35 heavy (non-hydrogen) atoms. The lowest BCUT2D eigenvalue weighted by atomic mass is 10.1. The number of nitro benzene ring substituents is 1. The number of non-ortho nitro benzene ring substituents is 1. The maximum Gasteiger partial charge on any atom is 0.269 e. The molecule has 2 aromatic carbocycles. The highest BCUT2D eigenvalue weighted by Gasteiger charge is 2.20. The molecule has 2 aromatic rings. The van der Waals surface area contributed by atoms with Crippen molar-refractivity contribution in [2.75, 3.05) is 36.4 Å². The van der Waals surface area contributed by atoms with Crippen molar-refractivity contribution < 1.29 is 14.5 Å². The van der Waals surface area contributed by atoms with Crippen molar-refractivity contribution in [2.45, 2.75) is 45.4 Å². The summed E-state index contributed by atoms with van der Waals surface area (Å²) in [6.07, 6.45) is 9.44. The van der Waals surface area contributed by atoms with E-state index in [1.165, 1.54) is 37.5 Å². The van der Waals surface area contributed by atoms with Crippen molar-refractivity contribution in [2.24, 2.45) is 0 Å². The Bertz CT molecular complexity index is 1010. The third kappa shape index (κ3) is 8.24. The molecule has 8 heteroatoms. The third-order valence-electron chi connectivity index (χ3n) is 6.16. The van der Waals surface area contributed by atoms with Crippen LogP contribution < -0.4 is 10.2 Å². The van der Waals surface area contributed by atoms with Gasteiger partial charge in [-0.1, -0.05) is 32.6 Å². The fourth-order valence-corrected chi connectivity index (χ4v) is 4.07. The molecule has 0 unspecified atom stereocenters. The van der Waals surface area contributed by atoms with Crippen LogP contribution in [0.3, 0.4) is 0 Å². The van der Waals surface area contributed by atoms with Gasteiger partial charge in [0.2, 0.25) is 11.8 Å². The Kier molecular flexibility index (Phi) is 9.83. The summed E-state index contributed by atoms with van der Waals surface area (Å²) >= 11 is 0. The fourth-order valence-electron chi connectivity index (χ4n) is 4.07. The first-order chi connectivity index (χ1) is 17.0. The molecule has 0 aromatic heterocycles. The van der Waals surface area contributed by atoms with Crippen LogP contribution in [0.4, 0.5) is 17.1 Å². The van der Waals surface area contributed by atoms with E-state index in [9.17, 15) is 19.7 Å². The monoisotopic (exact) mass is 478 g/mol. The van der Waals surface area contributed by atoms with Crippen molar-refractivity contribution in [1.82, 2.24) is 4.90 Å². The summed E-state index contributed by atoms with van der Waals surface area (Å²) < 4.78 is 0. The standard InChI is InChI=1S/C27H34N4O4/c1-2-3-4-5-6-7-27(33)30-20-18-29(19-21-30)24-15-11-23(12-16-24)28-26(32)17-10-22-8-13-25(14-9-22)31(34)35/h8-17H,2-7,18-21H2,1H3,(H,28,32). The van der Waals surface area contributed by atoms with E-state index < -0.39 is 4.92 Å². The summed E-state index contributed by atoms with van der Waals surface area (Å²) in [5, 5.41) is 13.5. The van der Waals surface area contributed by atoms with Gasteiger partial charge >= 0.3 is 0 Å². The van der Waals surface area contributed by atoms with Crippen LogP contribution in [0.1, 0.15) is 51.0 Å². The van der Waals surface area contributed by atoms with Crippen LogP contribution in [0.25, 0.3) is 6.08 Å². The Hall–Kier alpha value is -3.68. The van der Waals surface area contributed by atoms with Crippen LogP contribution >= 0.6 is 0 Å². The zero-order valence-electron chi connectivity index (χ0n) is 20.3. The molecule has 2 amide bonds. The lowest BCUT2D eigenvalue weighted by Crippen LogP contribution is -2.48. The van der Waals surface area contributed by atoms with Gasteiger partial charge in [-0.3, -0.25) is 19.7 Å². The van der Waals surface area contributed by atoms with Crippen LogP contribution in [-0.4, -0.2) is 47.8 Å². The number of nitrogens with one attached hydrogen (secondary N) is 1.